The molecule has 2 heterocycles. The highest BCUT2D eigenvalue weighted by Gasteiger charge is 2.08. The van der Waals surface area contributed by atoms with Gasteiger partial charge in [-0.3, -0.25) is 4.68 Å². The number of thioether (sulfide) groups is 1. The van der Waals surface area contributed by atoms with Crippen molar-refractivity contribution in [2.45, 2.75) is 4.90 Å². The Morgan fingerprint density at radius 2 is 1.86 bits per heavy atom. The quantitative estimate of drug-likeness (QED) is 0.753. The second-order valence-corrected chi connectivity index (χ2v) is 5.51. The van der Waals surface area contributed by atoms with Gasteiger partial charge in [-0.1, -0.05) is 12.1 Å². The fourth-order valence-electron chi connectivity index (χ4n) is 2.04. The molecule has 2 aromatic heterocycles. The van der Waals surface area contributed by atoms with Crippen molar-refractivity contribution in [1.82, 2.24) is 19.7 Å². The lowest BCUT2D eigenvalue weighted by Gasteiger charge is -2.05. The molecular weight excluding hydrogens is 282 g/mol. The summed E-state index contributed by atoms with van der Waals surface area (Å²) in [6.45, 7) is 0. The number of anilines is 1. The van der Waals surface area contributed by atoms with Gasteiger partial charge >= 0.3 is 0 Å². The van der Waals surface area contributed by atoms with Crippen molar-refractivity contribution in [3.8, 4) is 22.6 Å². The Morgan fingerprint density at radius 1 is 1.10 bits per heavy atom. The van der Waals surface area contributed by atoms with Crippen LogP contribution in [0.1, 0.15) is 0 Å². The van der Waals surface area contributed by atoms with Crippen LogP contribution in [0.25, 0.3) is 22.6 Å². The summed E-state index contributed by atoms with van der Waals surface area (Å²) in [6.07, 6.45) is 5.72. The third-order valence-electron chi connectivity index (χ3n) is 3.09. The van der Waals surface area contributed by atoms with Crippen LogP contribution in [-0.2, 0) is 7.05 Å². The van der Waals surface area contributed by atoms with Gasteiger partial charge in [0.15, 0.2) is 5.82 Å². The Labute approximate surface area is 127 Å². The number of nitrogens with zero attached hydrogens (tertiary/aromatic N) is 4. The maximum atomic E-state index is 5.91. The summed E-state index contributed by atoms with van der Waals surface area (Å²) in [7, 11) is 1.87. The van der Waals surface area contributed by atoms with Crippen LogP contribution in [-0.4, -0.2) is 26.0 Å². The largest absolute Gasteiger partial charge is 0.384 e. The van der Waals surface area contributed by atoms with Crippen molar-refractivity contribution >= 4 is 17.6 Å². The van der Waals surface area contributed by atoms with E-state index in [1.54, 1.807) is 28.7 Å². The van der Waals surface area contributed by atoms with Gasteiger partial charge in [-0.15, -0.1) is 11.8 Å². The zero-order valence-corrected chi connectivity index (χ0v) is 12.6. The number of hydrogen-bond donors (Lipinski definition) is 1. The molecule has 3 aromatic rings. The molecule has 21 heavy (non-hydrogen) atoms. The molecule has 1 aromatic carbocycles. The van der Waals surface area contributed by atoms with Crippen LogP contribution in [0.4, 0.5) is 5.82 Å². The standard InChI is InChI=1S/C15H15N5S/c1-20-9-11(8-17-20)13-7-14(16)19-15(18-13)10-3-5-12(21-2)6-4-10/h3-9H,1-2H3,(H2,16,18,19). The molecule has 0 saturated carbocycles. The molecule has 2 N–H and O–H groups in total. The first-order valence-electron chi connectivity index (χ1n) is 6.44. The molecule has 0 atom stereocenters. The van der Waals surface area contributed by atoms with Crippen molar-refractivity contribution in [2.75, 3.05) is 12.0 Å². The maximum absolute atomic E-state index is 5.91. The smallest absolute Gasteiger partial charge is 0.162 e. The van der Waals surface area contributed by atoms with E-state index >= 15 is 0 Å². The Balaban J connectivity index is 2.04. The van der Waals surface area contributed by atoms with E-state index in [0.29, 0.717) is 11.6 Å². The minimum atomic E-state index is 0.452. The number of benzene rings is 1. The monoisotopic (exact) mass is 297 g/mol. The van der Waals surface area contributed by atoms with Gasteiger partial charge in [0.25, 0.3) is 0 Å². The van der Waals surface area contributed by atoms with E-state index in [-0.39, 0.29) is 0 Å². The van der Waals surface area contributed by atoms with Crippen LogP contribution >= 0.6 is 11.8 Å². The molecule has 106 valence electrons. The summed E-state index contributed by atoms with van der Waals surface area (Å²) in [5.74, 6) is 1.08. The molecule has 3 rings (SSSR count). The van der Waals surface area contributed by atoms with Crippen LogP contribution in [0.2, 0.25) is 0 Å². The lowest BCUT2D eigenvalue weighted by molar-refractivity contribution is 0.768. The fraction of sp³-hybridized carbons (Fsp3) is 0.133. The number of aromatic nitrogens is 4. The second-order valence-electron chi connectivity index (χ2n) is 4.63. The zero-order chi connectivity index (χ0) is 14.8. The van der Waals surface area contributed by atoms with E-state index in [4.69, 9.17) is 5.73 Å². The zero-order valence-electron chi connectivity index (χ0n) is 11.8. The first kappa shape index (κ1) is 13.6. The van der Waals surface area contributed by atoms with Crippen LogP contribution in [0, 0.1) is 0 Å². The molecule has 0 aliphatic carbocycles. The van der Waals surface area contributed by atoms with Gasteiger partial charge in [0, 0.05) is 35.3 Å². The summed E-state index contributed by atoms with van der Waals surface area (Å²) < 4.78 is 1.74. The fourth-order valence-corrected chi connectivity index (χ4v) is 2.44. The second kappa shape index (κ2) is 5.57. The molecule has 0 fully saturated rings. The van der Waals surface area contributed by atoms with Crippen LogP contribution in [0.3, 0.4) is 0 Å². The third kappa shape index (κ3) is 2.90. The van der Waals surface area contributed by atoms with Crippen molar-refractivity contribution in [3.05, 3.63) is 42.7 Å². The topological polar surface area (TPSA) is 69.6 Å². The third-order valence-corrected chi connectivity index (χ3v) is 3.84. The van der Waals surface area contributed by atoms with Crippen molar-refractivity contribution in [2.24, 2.45) is 7.05 Å². The minimum absolute atomic E-state index is 0.452. The van der Waals surface area contributed by atoms with E-state index in [1.807, 2.05) is 31.6 Å². The molecule has 0 unspecified atom stereocenters. The molecule has 0 spiro atoms. The SMILES string of the molecule is CSc1ccc(-c2nc(N)cc(-c3cnn(C)c3)n2)cc1. The molecular formula is C15H15N5S. The van der Waals surface area contributed by atoms with Crippen LogP contribution in [0.15, 0.2) is 47.6 Å². The molecule has 5 nitrogen and oxygen atoms in total. The van der Waals surface area contributed by atoms with E-state index in [1.165, 1.54) is 4.90 Å². The predicted molar refractivity (Wildman–Crippen MR) is 85.9 cm³/mol. The van der Waals surface area contributed by atoms with E-state index in [2.05, 4.69) is 27.2 Å². The highest BCUT2D eigenvalue weighted by molar-refractivity contribution is 7.98. The van der Waals surface area contributed by atoms with Gasteiger partial charge < -0.3 is 5.73 Å². The first-order chi connectivity index (χ1) is 10.2. The summed E-state index contributed by atoms with van der Waals surface area (Å²) in [4.78, 5) is 10.1. The first-order valence-corrected chi connectivity index (χ1v) is 7.66. The predicted octanol–water partition coefficient (Wildman–Crippen LogP) is 2.85. The number of hydrogen-bond acceptors (Lipinski definition) is 5. The molecule has 0 bridgehead atoms. The average molecular weight is 297 g/mol. The van der Waals surface area contributed by atoms with Gasteiger partial charge in [0.1, 0.15) is 5.82 Å². The summed E-state index contributed by atoms with van der Waals surface area (Å²) in [6, 6.07) is 9.88. The van der Waals surface area contributed by atoms with Gasteiger partial charge in [-0.05, 0) is 18.4 Å². The lowest BCUT2D eigenvalue weighted by atomic mass is 10.2. The maximum Gasteiger partial charge on any atom is 0.162 e. The molecule has 0 aliphatic heterocycles. The van der Waals surface area contributed by atoms with E-state index < -0.39 is 0 Å². The van der Waals surface area contributed by atoms with Gasteiger partial charge in [0.2, 0.25) is 0 Å². The summed E-state index contributed by atoms with van der Waals surface area (Å²) in [5, 5.41) is 4.16. The Morgan fingerprint density at radius 3 is 2.48 bits per heavy atom. The Hall–Kier alpha value is -2.34. The van der Waals surface area contributed by atoms with Gasteiger partial charge in [-0.2, -0.15) is 5.10 Å². The summed E-state index contributed by atoms with van der Waals surface area (Å²) in [5.41, 5.74) is 8.57. The van der Waals surface area contributed by atoms with Gasteiger partial charge in [0.05, 0.1) is 11.9 Å². The van der Waals surface area contributed by atoms with Crippen LogP contribution < -0.4 is 5.73 Å². The number of nitrogen functional groups attached to an aromatic ring is 1. The molecule has 0 radical (unpaired) electrons. The van der Waals surface area contributed by atoms with Crippen molar-refractivity contribution in [3.63, 3.8) is 0 Å². The highest BCUT2D eigenvalue weighted by Crippen LogP contribution is 2.24. The van der Waals surface area contributed by atoms with Crippen molar-refractivity contribution < 1.29 is 0 Å². The minimum Gasteiger partial charge on any atom is -0.384 e. The molecule has 0 amide bonds. The summed E-state index contributed by atoms with van der Waals surface area (Å²) >= 11 is 1.70. The number of nitrogens with two attached hydrogens (primary N) is 1. The van der Waals surface area contributed by atoms with E-state index in [0.717, 1.165) is 16.8 Å². The van der Waals surface area contributed by atoms with Gasteiger partial charge in [-0.25, -0.2) is 9.97 Å². The van der Waals surface area contributed by atoms with Crippen LogP contribution in [0.5, 0.6) is 0 Å². The Bertz CT molecular complexity index is 764. The normalized spacial score (nSPS) is 10.8. The lowest BCUT2D eigenvalue weighted by Crippen LogP contribution is -1.97. The molecule has 0 aliphatic rings. The number of rotatable bonds is 3. The average Bonchev–Trinajstić information content (AvgIpc) is 2.93. The highest BCUT2D eigenvalue weighted by atomic mass is 32.2. The molecule has 6 heteroatoms. The molecule has 0 saturated heterocycles. The Kier molecular flexibility index (Phi) is 3.62. The van der Waals surface area contributed by atoms with E-state index in [9.17, 15) is 0 Å². The number of aryl methyl sites for hydroxylation is 1. The van der Waals surface area contributed by atoms with Crippen molar-refractivity contribution in [1.29, 1.82) is 0 Å².